The zero-order valence-corrected chi connectivity index (χ0v) is 8.97. The molecule has 0 fully saturated rings. The predicted molar refractivity (Wildman–Crippen MR) is 55.3 cm³/mol. The first-order valence-electron chi connectivity index (χ1n) is 5.24. The number of rotatable bonds is 4. The molecule has 0 bridgehead atoms. The number of hydrogen-bond donors (Lipinski definition) is 1. The summed E-state index contributed by atoms with van der Waals surface area (Å²) in [4.78, 5) is 5.14. The molecule has 0 heterocycles. The summed E-state index contributed by atoms with van der Waals surface area (Å²) < 4.78 is 0. The van der Waals surface area contributed by atoms with E-state index in [0.717, 1.165) is 25.0 Å². The lowest BCUT2D eigenvalue weighted by Gasteiger charge is -2.25. The molecule has 1 aliphatic carbocycles. The molecule has 0 saturated carbocycles. The first kappa shape index (κ1) is 10.7. The molecule has 0 aromatic heterocycles. The number of hydrogen-bond acceptors (Lipinski definition) is 2. The molecule has 1 aliphatic rings. The summed E-state index contributed by atoms with van der Waals surface area (Å²) >= 11 is 0. The van der Waals surface area contributed by atoms with Gasteiger partial charge in [0.25, 0.3) is 0 Å². The molecule has 0 amide bonds. The SMILES string of the molecule is CCONCC1CC(C)=CC(C)C1. The maximum atomic E-state index is 5.14. The van der Waals surface area contributed by atoms with E-state index in [2.05, 4.69) is 25.4 Å². The standard InChI is InChI=1S/C11H21NO/c1-4-13-12-8-11-6-9(2)5-10(3)7-11/h5,9,11-12H,4,6-8H2,1-3H3. The Bertz CT molecular complexity index is 177. The second kappa shape index (κ2) is 5.40. The van der Waals surface area contributed by atoms with E-state index in [1.165, 1.54) is 18.4 Å². The van der Waals surface area contributed by atoms with E-state index in [9.17, 15) is 0 Å². The fourth-order valence-corrected chi connectivity index (χ4v) is 2.12. The molecule has 2 unspecified atom stereocenters. The molecule has 0 radical (unpaired) electrons. The van der Waals surface area contributed by atoms with E-state index in [-0.39, 0.29) is 0 Å². The van der Waals surface area contributed by atoms with Crippen LogP contribution in [0.15, 0.2) is 11.6 Å². The van der Waals surface area contributed by atoms with Crippen LogP contribution in [-0.4, -0.2) is 13.2 Å². The van der Waals surface area contributed by atoms with Gasteiger partial charge in [0, 0.05) is 6.54 Å². The summed E-state index contributed by atoms with van der Waals surface area (Å²) in [5.41, 5.74) is 4.55. The van der Waals surface area contributed by atoms with Gasteiger partial charge in [-0.1, -0.05) is 18.6 Å². The smallest absolute Gasteiger partial charge is 0.0653 e. The molecule has 2 heteroatoms. The zero-order valence-electron chi connectivity index (χ0n) is 8.97. The molecule has 0 saturated heterocycles. The Balaban J connectivity index is 2.24. The summed E-state index contributed by atoms with van der Waals surface area (Å²) in [6, 6.07) is 0. The molecule has 2 nitrogen and oxygen atoms in total. The highest BCUT2D eigenvalue weighted by atomic mass is 16.6. The summed E-state index contributed by atoms with van der Waals surface area (Å²) in [7, 11) is 0. The topological polar surface area (TPSA) is 21.3 Å². The predicted octanol–water partition coefficient (Wildman–Crippen LogP) is 2.52. The zero-order chi connectivity index (χ0) is 9.68. The van der Waals surface area contributed by atoms with Gasteiger partial charge in [0.1, 0.15) is 0 Å². The molecular weight excluding hydrogens is 162 g/mol. The van der Waals surface area contributed by atoms with Gasteiger partial charge >= 0.3 is 0 Å². The minimum absolute atomic E-state index is 0.738. The average Bonchev–Trinajstić information content (AvgIpc) is 2.03. The number of hydroxylamine groups is 1. The third-order valence-corrected chi connectivity index (χ3v) is 2.50. The van der Waals surface area contributed by atoms with Gasteiger partial charge < -0.3 is 4.84 Å². The van der Waals surface area contributed by atoms with Gasteiger partial charge in [-0.25, -0.2) is 5.48 Å². The quantitative estimate of drug-likeness (QED) is 0.411. The van der Waals surface area contributed by atoms with E-state index in [4.69, 9.17) is 4.84 Å². The van der Waals surface area contributed by atoms with Gasteiger partial charge in [0.2, 0.25) is 0 Å². The second-order valence-electron chi connectivity index (χ2n) is 4.08. The van der Waals surface area contributed by atoms with E-state index in [1.807, 2.05) is 6.92 Å². The van der Waals surface area contributed by atoms with Crippen LogP contribution in [0.2, 0.25) is 0 Å². The highest BCUT2D eigenvalue weighted by molar-refractivity contribution is 5.06. The van der Waals surface area contributed by atoms with Crippen molar-refractivity contribution in [1.29, 1.82) is 0 Å². The minimum atomic E-state index is 0.738. The third-order valence-electron chi connectivity index (χ3n) is 2.50. The first-order chi connectivity index (χ1) is 6.22. The van der Waals surface area contributed by atoms with Gasteiger partial charge in [0.15, 0.2) is 0 Å². The monoisotopic (exact) mass is 183 g/mol. The third kappa shape index (κ3) is 3.92. The minimum Gasteiger partial charge on any atom is -0.302 e. The van der Waals surface area contributed by atoms with Crippen molar-refractivity contribution in [2.24, 2.45) is 11.8 Å². The van der Waals surface area contributed by atoms with Crippen LogP contribution in [0.1, 0.15) is 33.6 Å². The second-order valence-corrected chi connectivity index (χ2v) is 4.08. The van der Waals surface area contributed by atoms with Crippen LogP contribution in [0.5, 0.6) is 0 Å². The summed E-state index contributed by atoms with van der Waals surface area (Å²) in [5, 5.41) is 0. The van der Waals surface area contributed by atoms with Gasteiger partial charge in [-0.2, -0.15) is 0 Å². The van der Waals surface area contributed by atoms with Crippen LogP contribution in [0, 0.1) is 11.8 Å². The Morgan fingerprint density at radius 2 is 2.38 bits per heavy atom. The Morgan fingerprint density at radius 1 is 1.62 bits per heavy atom. The van der Waals surface area contributed by atoms with Crippen molar-refractivity contribution in [3.8, 4) is 0 Å². The molecule has 0 aliphatic heterocycles. The van der Waals surface area contributed by atoms with Gasteiger partial charge in [-0.05, 0) is 38.5 Å². The van der Waals surface area contributed by atoms with Crippen LogP contribution >= 0.6 is 0 Å². The Kier molecular flexibility index (Phi) is 4.46. The lowest BCUT2D eigenvalue weighted by atomic mass is 9.84. The molecule has 1 N–H and O–H groups in total. The van der Waals surface area contributed by atoms with Crippen LogP contribution in [0.3, 0.4) is 0 Å². The molecule has 0 spiro atoms. The van der Waals surface area contributed by atoms with E-state index < -0.39 is 0 Å². The van der Waals surface area contributed by atoms with E-state index >= 15 is 0 Å². The van der Waals surface area contributed by atoms with Crippen LogP contribution in [0.25, 0.3) is 0 Å². The Hall–Kier alpha value is -0.340. The average molecular weight is 183 g/mol. The van der Waals surface area contributed by atoms with Gasteiger partial charge in [-0.3, -0.25) is 0 Å². The Morgan fingerprint density at radius 3 is 3.00 bits per heavy atom. The van der Waals surface area contributed by atoms with Crippen molar-refractivity contribution in [2.45, 2.75) is 33.6 Å². The summed E-state index contributed by atoms with van der Waals surface area (Å²) in [5.74, 6) is 1.49. The number of allylic oxidation sites excluding steroid dienone is 2. The molecule has 76 valence electrons. The highest BCUT2D eigenvalue weighted by Gasteiger charge is 2.17. The lowest BCUT2D eigenvalue weighted by Crippen LogP contribution is -2.26. The fourth-order valence-electron chi connectivity index (χ4n) is 2.12. The van der Waals surface area contributed by atoms with Crippen molar-refractivity contribution in [3.63, 3.8) is 0 Å². The summed E-state index contributed by atoms with van der Waals surface area (Å²) in [6.45, 7) is 8.25. The normalized spacial score (nSPS) is 28.7. The van der Waals surface area contributed by atoms with Gasteiger partial charge in [0.05, 0.1) is 6.61 Å². The van der Waals surface area contributed by atoms with Crippen molar-refractivity contribution >= 4 is 0 Å². The first-order valence-corrected chi connectivity index (χ1v) is 5.24. The van der Waals surface area contributed by atoms with E-state index in [1.54, 1.807) is 0 Å². The van der Waals surface area contributed by atoms with Crippen molar-refractivity contribution in [2.75, 3.05) is 13.2 Å². The molecule has 0 aromatic rings. The largest absolute Gasteiger partial charge is 0.302 e. The molecule has 1 rings (SSSR count). The van der Waals surface area contributed by atoms with Crippen LogP contribution < -0.4 is 5.48 Å². The lowest BCUT2D eigenvalue weighted by molar-refractivity contribution is 0.0392. The molecular formula is C11H21NO. The van der Waals surface area contributed by atoms with E-state index in [0.29, 0.717) is 0 Å². The van der Waals surface area contributed by atoms with Gasteiger partial charge in [-0.15, -0.1) is 0 Å². The van der Waals surface area contributed by atoms with Crippen molar-refractivity contribution in [3.05, 3.63) is 11.6 Å². The maximum Gasteiger partial charge on any atom is 0.0653 e. The number of nitrogens with one attached hydrogen (secondary N) is 1. The maximum absolute atomic E-state index is 5.14. The molecule has 2 atom stereocenters. The molecule has 0 aromatic carbocycles. The van der Waals surface area contributed by atoms with Crippen LogP contribution in [0.4, 0.5) is 0 Å². The van der Waals surface area contributed by atoms with Crippen LogP contribution in [-0.2, 0) is 4.84 Å². The summed E-state index contributed by atoms with van der Waals surface area (Å²) in [6.07, 6.45) is 4.90. The highest BCUT2D eigenvalue weighted by Crippen LogP contribution is 2.26. The Labute approximate surface area is 81.3 Å². The fraction of sp³-hybridized carbons (Fsp3) is 0.818. The van der Waals surface area contributed by atoms with Crippen molar-refractivity contribution in [1.82, 2.24) is 5.48 Å². The molecule has 13 heavy (non-hydrogen) atoms. The van der Waals surface area contributed by atoms with Crippen molar-refractivity contribution < 1.29 is 4.84 Å².